The molecule has 6 nitrogen and oxygen atoms in total. The lowest BCUT2D eigenvalue weighted by molar-refractivity contribution is -0.137. The molecule has 1 N–H and O–H groups in total. The minimum absolute atomic E-state index is 0.107. The Kier molecular flexibility index (Phi) is 7.86. The number of carbonyl (C=O) groups excluding carboxylic acids is 2. The van der Waals surface area contributed by atoms with Gasteiger partial charge in [-0.3, -0.25) is 19.8 Å². The van der Waals surface area contributed by atoms with Crippen molar-refractivity contribution in [2.75, 3.05) is 11.5 Å². The third kappa shape index (κ3) is 5.69. The highest BCUT2D eigenvalue weighted by atomic mass is 127. The molecule has 2 amide bonds. The normalized spacial score (nSPS) is 15.7. The van der Waals surface area contributed by atoms with Crippen LogP contribution in [0, 0.1) is 3.57 Å². The van der Waals surface area contributed by atoms with E-state index in [1.165, 1.54) is 12.1 Å². The summed E-state index contributed by atoms with van der Waals surface area (Å²) in [6.45, 7) is 5.92. The van der Waals surface area contributed by atoms with Crippen LogP contribution in [-0.4, -0.2) is 29.6 Å². The van der Waals surface area contributed by atoms with Gasteiger partial charge < -0.3 is 9.47 Å². The number of nitrogens with zero attached hydrogens (tertiary/aromatic N) is 1. The van der Waals surface area contributed by atoms with Gasteiger partial charge in [0, 0.05) is 0 Å². The fraction of sp³-hybridized carbons (Fsp3) is 0.261. The summed E-state index contributed by atoms with van der Waals surface area (Å²) in [5, 5.41) is 2.06. The summed E-state index contributed by atoms with van der Waals surface area (Å²) in [7, 11) is 0. The Morgan fingerprint density at radius 2 is 1.91 bits per heavy atom. The van der Waals surface area contributed by atoms with Crippen LogP contribution in [0.4, 0.5) is 18.9 Å². The molecule has 0 aromatic heterocycles. The van der Waals surface area contributed by atoms with E-state index < -0.39 is 23.6 Å². The molecular formula is C23H20F3IN2O4S. The van der Waals surface area contributed by atoms with E-state index in [-0.39, 0.29) is 22.5 Å². The molecule has 1 fully saturated rings. The van der Waals surface area contributed by atoms with Crippen molar-refractivity contribution in [3.05, 3.63) is 56.7 Å². The topological polar surface area (TPSA) is 67.9 Å². The van der Waals surface area contributed by atoms with Gasteiger partial charge in [0.25, 0.3) is 11.8 Å². The molecule has 0 radical (unpaired) electrons. The highest BCUT2D eigenvalue weighted by Crippen LogP contribution is 2.36. The van der Waals surface area contributed by atoms with E-state index in [1.54, 1.807) is 12.1 Å². The highest BCUT2D eigenvalue weighted by molar-refractivity contribution is 14.1. The van der Waals surface area contributed by atoms with Crippen LogP contribution in [-0.2, 0) is 15.8 Å². The number of amides is 2. The molecule has 1 saturated heterocycles. The van der Waals surface area contributed by atoms with Crippen molar-refractivity contribution in [3.8, 4) is 11.5 Å². The second kappa shape index (κ2) is 10.3. The van der Waals surface area contributed by atoms with Crippen molar-refractivity contribution in [2.24, 2.45) is 0 Å². The summed E-state index contributed by atoms with van der Waals surface area (Å²) in [5.41, 5.74) is -0.873. The summed E-state index contributed by atoms with van der Waals surface area (Å²) < 4.78 is 51.7. The second-order valence-electron chi connectivity index (χ2n) is 7.44. The van der Waals surface area contributed by atoms with Gasteiger partial charge in [0.1, 0.15) is 5.57 Å². The van der Waals surface area contributed by atoms with Crippen LogP contribution in [0.3, 0.4) is 0 Å². The maximum absolute atomic E-state index is 13.2. The van der Waals surface area contributed by atoms with Gasteiger partial charge >= 0.3 is 6.18 Å². The van der Waals surface area contributed by atoms with Crippen LogP contribution >= 0.6 is 34.8 Å². The molecule has 2 aromatic rings. The lowest BCUT2D eigenvalue weighted by Crippen LogP contribution is -2.54. The maximum atomic E-state index is 13.2. The highest BCUT2D eigenvalue weighted by Gasteiger charge is 2.36. The smallest absolute Gasteiger partial charge is 0.416 e. The van der Waals surface area contributed by atoms with Crippen LogP contribution in [0.1, 0.15) is 31.9 Å². The number of rotatable bonds is 6. The molecule has 0 aliphatic carbocycles. The molecule has 1 aliphatic rings. The molecular weight excluding hydrogens is 584 g/mol. The van der Waals surface area contributed by atoms with Crippen LogP contribution < -0.4 is 19.7 Å². The van der Waals surface area contributed by atoms with Gasteiger partial charge in [-0.25, -0.2) is 0 Å². The summed E-state index contributed by atoms with van der Waals surface area (Å²) in [6, 6.07) is 7.48. The number of carbonyl (C=O) groups is 2. The van der Waals surface area contributed by atoms with E-state index in [1.807, 2.05) is 20.8 Å². The maximum Gasteiger partial charge on any atom is 0.416 e. The fourth-order valence-electron chi connectivity index (χ4n) is 3.16. The monoisotopic (exact) mass is 604 g/mol. The van der Waals surface area contributed by atoms with Crippen molar-refractivity contribution in [1.82, 2.24) is 5.32 Å². The predicted octanol–water partition coefficient (Wildman–Crippen LogP) is 5.33. The standard InChI is InChI=1S/C23H20F3IN2O4S/c1-4-32-18-10-13(9-17(27)19(18)33-12(2)3)8-16-20(30)28-22(34)29(21(16)31)15-7-5-6-14(11-15)23(24,25)26/h5-12H,4H2,1-3H3,(H,28,30,34)/b16-8+. The molecule has 0 unspecified atom stereocenters. The average Bonchev–Trinajstić information content (AvgIpc) is 2.73. The van der Waals surface area contributed by atoms with Crippen LogP contribution in [0.15, 0.2) is 42.0 Å². The number of hydrogen-bond acceptors (Lipinski definition) is 5. The summed E-state index contributed by atoms with van der Waals surface area (Å²) >= 11 is 7.14. The van der Waals surface area contributed by atoms with E-state index >= 15 is 0 Å². The van der Waals surface area contributed by atoms with E-state index in [9.17, 15) is 22.8 Å². The van der Waals surface area contributed by atoms with E-state index in [2.05, 4.69) is 27.9 Å². The first kappa shape index (κ1) is 25.9. The fourth-order valence-corrected chi connectivity index (χ4v) is 4.20. The van der Waals surface area contributed by atoms with Crippen LogP contribution in [0.2, 0.25) is 0 Å². The van der Waals surface area contributed by atoms with Crippen molar-refractivity contribution in [3.63, 3.8) is 0 Å². The minimum Gasteiger partial charge on any atom is -0.490 e. The number of ether oxygens (including phenoxy) is 2. The minimum atomic E-state index is -4.61. The number of alkyl halides is 3. The molecule has 0 atom stereocenters. The third-order valence-electron chi connectivity index (χ3n) is 4.53. The number of thiocarbonyl (C=S) groups is 1. The third-order valence-corrected chi connectivity index (χ3v) is 5.62. The molecule has 11 heteroatoms. The predicted molar refractivity (Wildman–Crippen MR) is 134 cm³/mol. The molecule has 3 rings (SSSR count). The Bertz CT molecular complexity index is 1180. The van der Waals surface area contributed by atoms with Crippen LogP contribution in [0.25, 0.3) is 6.08 Å². The van der Waals surface area contributed by atoms with E-state index in [4.69, 9.17) is 21.7 Å². The largest absolute Gasteiger partial charge is 0.490 e. The van der Waals surface area contributed by atoms with Gasteiger partial charge in [0.2, 0.25) is 0 Å². The van der Waals surface area contributed by atoms with Gasteiger partial charge in [-0.05, 0) is 97.6 Å². The number of nitrogens with one attached hydrogen (secondary N) is 1. The molecule has 0 bridgehead atoms. The van der Waals surface area contributed by atoms with Gasteiger partial charge in [0.05, 0.1) is 27.5 Å². The molecule has 0 spiro atoms. The second-order valence-corrected chi connectivity index (χ2v) is 8.98. The Morgan fingerprint density at radius 3 is 2.53 bits per heavy atom. The van der Waals surface area contributed by atoms with Gasteiger partial charge in [-0.1, -0.05) is 6.07 Å². The Labute approximate surface area is 213 Å². The molecule has 0 saturated carbocycles. The van der Waals surface area contributed by atoms with Gasteiger partial charge in [0.15, 0.2) is 16.6 Å². The first-order chi connectivity index (χ1) is 15.9. The number of anilines is 1. The Hall–Kier alpha value is -2.67. The summed E-state index contributed by atoms with van der Waals surface area (Å²) in [4.78, 5) is 26.6. The zero-order valence-corrected chi connectivity index (χ0v) is 21.3. The Balaban J connectivity index is 2.05. The van der Waals surface area contributed by atoms with E-state index in [0.29, 0.717) is 27.2 Å². The number of halogens is 4. The van der Waals surface area contributed by atoms with Crippen LogP contribution in [0.5, 0.6) is 11.5 Å². The number of benzene rings is 2. The van der Waals surface area contributed by atoms with E-state index in [0.717, 1.165) is 23.1 Å². The molecule has 34 heavy (non-hydrogen) atoms. The summed E-state index contributed by atoms with van der Waals surface area (Å²) in [5.74, 6) is -0.632. The Morgan fingerprint density at radius 1 is 1.21 bits per heavy atom. The zero-order valence-electron chi connectivity index (χ0n) is 18.3. The molecule has 1 heterocycles. The molecule has 180 valence electrons. The summed E-state index contributed by atoms with van der Waals surface area (Å²) in [6.07, 6.45) is -3.38. The first-order valence-electron chi connectivity index (χ1n) is 10.1. The molecule has 1 aliphatic heterocycles. The van der Waals surface area contributed by atoms with Crippen molar-refractivity contribution < 1.29 is 32.2 Å². The van der Waals surface area contributed by atoms with Gasteiger partial charge in [-0.2, -0.15) is 13.2 Å². The number of hydrogen-bond donors (Lipinski definition) is 1. The lowest BCUT2D eigenvalue weighted by Gasteiger charge is -2.29. The van der Waals surface area contributed by atoms with Gasteiger partial charge in [-0.15, -0.1) is 0 Å². The SMILES string of the molecule is CCOc1cc(/C=C2\C(=O)NC(=S)N(c3cccc(C(F)(F)F)c3)C2=O)cc(I)c1OC(C)C. The average molecular weight is 604 g/mol. The lowest BCUT2D eigenvalue weighted by atomic mass is 10.1. The first-order valence-corrected chi connectivity index (χ1v) is 11.6. The zero-order chi connectivity index (χ0) is 25.2. The van der Waals surface area contributed by atoms with Crippen molar-refractivity contribution in [1.29, 1.82) is 0 Å². The quantitative estimate of drug-likeness (QED) is 0.209. The van der Waals surface area contributed by atoms with Crippen molar-refractivity contribution in [2.45, 2.75) is 33.1 Å². The van der Waals surface area contributed by atoms with Crippen molar-refractivity contribution >= 4 is 63.5 Å². The molecule has 2 aromatic carbocycles.